The van der Waals surface area contributed by atoms with Gasteiger partial charge in [0.1, 0.15) is 12.4 Å². The van der Waals surface area contributed by atoms with Crippen LogP contribution in [0.3, 0.4) is 0 Å². The van der Waals surface area contributed by atoms with Crippen molar-refractivity contribution in [3.05, 3.63) is 92.9 Å². The molecule has 0 fully saturated rings. The van der Waals surface area contributed by atoms with Crippen LogP contribution in [0.2, 0.25) is 15.1 Å². The van der Waals surface area contributed by atoms with E-state index in [9.17, 15) is 9.59 Å². The summed E-state index contributed by atoms with van der Waals surface area (Å²) in [5.74, 6) is -1.28. The lowest BCUT2D eigenvalue weighted by Gasteiger charge is -2.10. The maximum absolute atomic E-state index is 12.0. The summed E-state index contributed by atoms with van der Waals surface area (Å²) < 4.78 is 5.82. The van der Waals surface area contributed by atoms with Crippen LogP contribution in [-0.4, -0.2) is 18.0 Å². The van der Waals surface area contributed by atoms with Gasteiger partial charge in [-0.25, -0.2) is 5.43 Å². The number of rotatable bonds is 6. The van der Waals surface area contributed by atoms with Crippen LogP contribution < -0.4 is 15.5 Å². The minimum atomic E-state index is -0.928. The Kier molecular flexibility index (Phi) is 7.89. The molecule has 3 rings (SSSR count). The van der Waals surface area contributed by atoms with Crippen LogP contribution in [0.5, 0.6) is 5.75 Å². The molecule has 6 nitrogen and oxygen atoms in total. The number of hydrogen-bond donors (Lipinski definition) is 2. The Morgan fingerprint density at radius 3 is 2.45 bits per heavy atom. The molecule has 0 spiro atoms. The van der Waals surface area contributed by atoms with Crippen molar-refractivity contribution in [1.82, 2.24) is 5.43 Å². The quantitative estimate of drug-likeness (QED) is 0.287. The van der Waals surface area contributed by atoms with Crippen molar-refractivity contribution < 1.29 is 14.3 Å². The third-order valence-electron chi connectivity index (χ3n) is 3.98. The largest absolute Gasteiger partial charge is 0.488 e. The minimum Gasteiger partial charge on any atom is -0.488 e. The number of carbonyl (C=O) groups is 2. The number of nitrogens with zero attached hydrogens (tertiary/aromatic N) is 1. The topological polar surface area (TPSA) is 79.8 Å². The van der Waals surface area contributed by atoms with Gasteiger partial charge in [0.2, 0.25) is 0 Å². The highest BCUT2D eigenvalue weighted by molar-refractivity contribution is 6.40. The number of carbonyl (C=O) groups excluding carboxylic acids is 2. The number of nitrogens with one attached hydrogen (secondary N) is 2. The maximum atomic E-state index is 12.0. The van der Waals surface area contributed by atoms with Crippen molar-refractivity contribution in [2.75, 3.05) is 5.32 Å². The molecule has 0 aromatic heterocycles. The first-order valence-corrected chi connectivity index (χ1v) is 10.1. The number of anilines is 1. The summed E-state index contributed by atoms with van der Waals surface area (Å²) in [5.41, 5.74) is 3.94. The molecule has 0 bridgehead atoms. The van der Waals surface area contributed by atoms with Crippen LogP contribution in [0.1, 0.15) is 11.1 Å². The van der Waals surface area contributed by atoms with Gasteiger partial charge in [0, 0.05) is 31.9 Å². The Balaban J connectivity index is 1.59. The predicted molar refractivity (Wildman–Crippen MR) is 123 cm³/mol. The summed E-state index contributed by atoms with van der Waals surface area (Å²) in [7, 11) is 0. The van der Waals surface area contributed by atoms with E-state index in [4.69, 9.17) is 39.5 Å². The summed E-state index contributed by atoms with van der Waals surface area (Å²) >= 11 is 17.9. The van der Waals surface area contributed by atoms with Crippen LogP contribution >= 0.6 is 34.8 Å². The van der Waals surface area contributed by atoms with Crippen LogP contribution in [0, 0.1) is 0 Å². The second-order valence-corrected chi connectivity index (χ2v) is 7.51. The predicted octanol–water partition coefficient (Wildman–Crippen LogP) is 5.31. The molecule has 3 aromatic rings. The van der Waals surface area contributed by atoms with Crippen LogP contribution in [0.25, 0.3) is 0 Å². The van der Waals surface area contributed by atoms with E-state index in [1.165, 1.54) is 12.3 Å². The monoisotopic (exact) mass is 475 g/mol. The molecule has 158 valence electrons. The summed E-state index contributed by atoms with van der Waals surface area (Å²) in [6.45, 7) is 0.218. The lowest BCUT2D eigenvalue weighted by molar-refractivity contribution is -0.136. The molecule has 9 heteroatoms. The maximum Gasteiger partial charge on any atom is 0.329 e. The highest BCUT2D eigenvalue weighted by atomic mass is 35.5. The third kappa shape index (κ3) is 6.72. The zero-order valence-corrected chi connectivity index (χ0v) is 18.2. The molecule has 0 atom stereocenters. The first-order valence-electron chi connectivity index (χ1n) is 8.98. The van der Waals surface area contributed by atoms with Crippen LogP contribution in [-0.2, 0) is 16.2 Å². The molecular weight excluding hydrogens is 461 g/mol. The van der Waals surface area contributed by atoms with E-state index >= 15 is 0 Å². The minimum absolute atomic E-state index is 0.218. The van der Waals surface area contributed by atoms with Crippen LogP contribution in [0.4, 0.5) is 5.69 Å². The Labute approximate surface area is 193 Å². The summed E-state index contributed by atoms with van der Waals surface area (Å²) in [5, 5.41) is 7.74. The molecule has 0 saturated heterocycles. The highest BCUT2D eigenvalue weighted by Crippen LogP contribution is 2.24. The summed E-state index contributed by atoms with van der Waals surface area (Å²) in [4.78, 5) is 23.9. The number of hydrazone groups is 1. The van der Waals surface area contributed by atoms with Crippen LogP contribution in [0.15, 0.2) is 71.8 Å². The number of hydrogen-bond acceptors (Lipinski definition) is 4. The van der Waals surface area contributed by atoms with Crippen molar-refractivity contribution >= 4 is 58.5 Å². The molecule has 2 N–H and O–H groups in total. The standard InChI is InChI=1S/C22H16Cl3N3O3/c23-16-5-3-6-18(10-16)27-21(29)22(30)28-26-12-14-4-1-2-7-20(14)31-13-15-8-9-17(24)11-19(15)25/h1-12H,13H2,(H,27,29)(H,28,30)/b26-12-. The van der Waals surface area contributed by atoms with Gasteiger partial charge in [-0.1, -0.05) is 59.1 Å². The van der Waals surface area contributed by atoms with Gasteiger partial charge in [-0.2, -0.15) is 5.10 Å². The molecule has 0 heterocycles. The first kappa shape index (κ1) is 22.6. The average Bonchev–Trinajstić information content (AvgIpc) is 2.74. The van der Waals surface area contributed by atoms with Crippen molar-refractivity contribution in [3.63, 3.8) is 0 Å². The molecule has 3 aromatic carbocycles. The average molecular weight is 477 g/mol. The van der Waals surface area contributed by atoms with Gasteiger partial charge < -0.3 is 10.1 Å². The summed E-state index contributed by atoms with van der Waals surface area (Å²) in [6.07, 6.45) is 1.38. The van der Waals surface area contributed by atoms with E-state index < -0.39 is 11.8 Å². The molecule has 0 radical (unpaired) electrons. The lowest BCUT2D eigenvalue weighted by Crippen LogP contribution is -2.32. The van der Waals surface area contributed by atoms with Gasteiger partial charge in [-0.05, 0) is 42.5 Å². The van der Waals surface area contributed by atoms with Crippen molar-refractivity contribution in [2.45, 2.75) is 6.61 Å². The zero-order chi connectivity index (χ0) is 22.2. The second-order valence-electron chi connectivity index (χ2n) is 6.23. The van der Waals surface area contributed by atoms with E-state index in [-0.39, 0.29) is 6.61 Å². The van der Waals surface area contributed by atoms with E-state index in [1.54, 1.807) is 60.7 Å². The van der Waals surface area contributed by atoms with E-state index in [0.717, 1.165) is 5.56 Å². The number of ether oxygens (including phenoxy) is 1. The van der Waals surface area contributed by atoms with E-state index in [0.29, 0.717) is 32.1 Å². The molecule has 31 heavy (non-hydrogen) atoms. The highest BCUT2D eigenvalue weighted by Gasteiger charge is 2.13. The fraction of sp³-hybridized carbons (Fsp3) is 0.0455. The van der Waals surface area contributed by atoms with Gasteiger partial charge in [0.25, 0.3) is 0 Å². The molecule has 2 amide bonds. The molecule has 0 unspecified atom stereocenters. The Morgan fingerprint density at radius 1 is 0.903 bits per heavy atom. The normalized spacial score (nSPS) is 10.7. The van der Waals surface area contributed by atoms with Crippen molar-refractivity contribution in [1.29, 1.82) is 0 Å². The zero-order valence-electron chi connectivity index (χ0n) is 15.9. The number of halogens is 3. The SMILES string of the molecule is O=C(N/N=C\c1ccccc1OCc1ccc(Cl)cc1Cl)C(=O)Nc1cccc(Cl)c1. The summed E-state index contributed by atoms with van der Waals surface area (Å²) in [6, 6.07) is 18.7. The lowest BCUT2D eigenvalue weighted by atomic mass is 10.2. The Bertz CT molecular complexity index is 1140. The molecule has 0 aliphatic rings. The van der Waals surface area contributed by atoms with Gasteiger partial charge in [-0.3, -0.25) is 9.59 Å². The molecule has 0 saturated carbocycles. The fourth-order valence-electron chi connectivity index (χ4n) is 2.48. The van der Waals surface area contributed by atoms with Crippen molar-refractivity contribution in [3.8, 4) is 5.75 Å². The molecular formula is C22H16Cl3N3O3. The van der Waals surface area contributed by atoms with E-state index in [2.05, 4.69) is 15.8 Å². The fourth-order valence-corrected chi connectivity index (χ4v) is 3.13. The number of para-hydroxylation sites is 1. The Morgan fingerprint density at radius 2 is 1.68 bits per heavy atom. The van der Waals surface area contributed by atoms with Gasteiger partial charge in [-0.15, -0.1) is 0 Å². The third-order valence-corrected chi connectivity index (χ3v) is 4.80. The van der Waals surface area contributed by atoms with Gasteiger partial charge in [0.05, 0.1) is 6.21 Å². The van der Waals surface area contributed by atoms with Gasteiger partial charge in [0.15, 0.2) is 0 Å². The molecule has 0 aliphatic carbocycles. The van der Waals surface area contributed by atoms with Gasteiger partial charge >= 0.3 is 11.8 Å². The first-order chi connectivity index (χ1) is 14.9. The number of amides is 2. The number of benzene rings is 3. The molecule has 0 aliphatic heterocycles. The Hall–Kier alpha value is -3.06. The second kappa shape index (κ2) is 10.8. The van der Waals surface area contributed by atoms with Crippen molar-refractivity contribution in [2.24, 2.45) is 5.10 Å². The smallest absolute Gasteiger partial charge is 0.329 e. The van der Waals surface area contributed by atoms with E-state index in [1.807, 2.05) is 0 Å².